The maximum absolute atomic E-state index is 5.97. The monoisotopic (exact) mass is 288 g/mol. The third-order valence-electron chi connectivity index (χ3n) is 5.40. The predicted octanol–water partition coefficient (Wildman–Crippen LogP) is 4.22. The zero-order chi connectivity index (χ0) is 14.7. The number of piperidine rings is 1. The second-order valence-corrected chi connectivity index (χ2v) is 6.70. The van der Waals surface area contributed by atoms with Gasteiger partial charge >= 0.3 is 0 Å². The van der Waals surface area contributed by atoms with Crippen LogP contribution in [0.4, 0.5) is 11.4 Å². The minimum atomic E-state index is 0.658. The number of nitrogens with zero attached hydrogens (tertiary/aromatic N) is 1. The fourth-order valence-electron chi connectivity index (χ4n) is 4.04. The van der Waals surface area contributed by atoms with Gasteiger partial charge in [-0.25, -0.2) is 0 Å². The molecule has 0 atom stereocenters. The van der Waals surface area contributed by atoms with Crippen LogP contribution in [-0.2, 0) is 0 Å². The second kappa shape index (κ2) is 6.17. The summed E-state index contributed by atoms with van der Waals surface area (Å²) in [4.78, 5) is 2.50. The normalized spacial score (nSPS) is 21.5. The van der Waals surface area contributed by atoms with Crippen LogP contribution < -0.4 is 15.4 Å². The quantitative estimate of drug-likeness (QED) is 0.846. The van der Waals surface area contributed by atoms with Gasteiger partial charge in [-0.05, 0) is 50.2 Å². The Kier molecular flexibility index (Phi) is 4.27. The molecular weight excluding hydrogens is 260 g/mol. The molecule has 1 aliphatic carbocycles. The summed E-state index contributed by atoms with van der Waals surface area (Å²) in [6.45, 7) is 5.02. The van der Waals surface area contributed by atoms with Crippen molar-refractivity contribution in [3.63, 3.8) is 0 Å². The highest BCUT2D eigenvalue weighted by Crippen LogP contribution is 2.45. The number of anilines is 2. The standard InChI is InChI=1S/C18H28N2O/c1-2-21-17-14-15(6-7-16(17)19)20-12-10-18(11-13-20)8-4-3-5-9-18/h6-7,14H,2-5,8-13,19H2,1H3. The Labute approximate surface area is 128 Å². The van der Waals surface area contributed by atoms with E-state index in [1.165, 1.54) is 63.7 Å². The number of nitrogens with two attached hydrogens (primary N) is 1. The van der Waals surface area contributed by atoms with Crippen molar-refractivity contribution in [2.24, 2.45) is 5.41 Å². The van der Waals surface area contributed by atoms with Gasteiger partial charge in [-0.2, -0.15) is 0 Å². The molecule has 2 aliphatic rings. The molecule has 3 rings (SSSR count). The Bertz CT molecular complexity index is 470. The topological polar surface area (TPSA) is 38.5 Å². The van der Waals surface area contributed by atoms with E-state index < -0.39 is 0 Å². The fourth-order valence-corrected chi connectivity index (χ4v) is 4.04. The largest absolute Gasteiger partial charge is 0.492 e. The lowest BCUT2D eigenvalue weighted by Crippen LogP contribution is -2.41. The smallest absolute Gasteiger partial charge is 0.144 e. The SMILES string of the molecule is CCOc1cc(N2CCC3(CCCCC3)CC2)ccc1N. The van der Waals surface area contributed by atoms with Gasteiger partial charge in [0.15, 0.2) is 0 Å². The highest BCUT2D eigenvalue weighted by Gasteiger charge is 2.35. The van der Waals surface area contributed by atoms with Gasteiger partial charge in [-0.15, -0.1) is 0 Å². The first-order chi connectivity index (χ1) is 10.2. The van der Waals surface area contributed by atoms with Gasteiger partial charge in [-0.1, -0.05) is 19.3 Å². The Hall–Kier alpha value is -1.38. The van der Waals surface area contributed by atoms with Crippen molar-refractivity contribution >= 4 is 11.4 Å². The fraction of sp³-hybridized carbons (Fsp3) is 0.667. The van der Waals surface area contributed by atoms with Crippen LogP contribution in [0.1, 0.15) is 51.9 Å². The summed E-state index contributed by atoms with van der Waals surface area (Å²) in [7, 11) is 0. The van der Waals surface area contributed by atoms with Crippen LogP contribution in [0.2, 0.25) is 0 Å². The van der Waals surface area contributed by atoms with Crippen LogP contribution in [0.5, 0.6) is 5.75 Å². The average Bonchev–Trinajstić information content (AvgIpc) is 2.52. The van der Waals surface area contributed by atoms with Crippen LogP contribution in [0.15, 0.2) is 18.2 Å². The zero-order valence-corrected chi connectivity index (χ0v) is 13.2. The van der Waals surface area contributed by atoms with Crippen molar-refractivity contribution in [2.45, 2.75) is 51.9 Å². The van der Waals surface area contributed by atoms with Gasteiger partial charge in [0.05, 0.1) is 12.3 Å². The molecule has 1 heterocycles. The summed E-state index contributed by atoms with van der Waals surface area (Å²) in [6.07, 6.45) is 9.93. The molecule has 1 aromatic carbocycles. The van der Waals surface area contributed by atoms with E-state index in [-0.39, 0.29) is 0 Å². The summed E-state index contributed by atoms with van der Waals surface area (Å²) in [5, 5.41) is 0. The van der Waals surface area contributed by atoms with Gasteiger partial charge in [-0.3, -0.25) is 0 Å². The van der Waals surface area contributed by atoms with Crippen molar-refractivity contribution in [3.8, 4) is 5.75 Å². The van der Waals surface area contributed by atoms with Crippen molar-refractivity contribution in [1.82, 2.24) is 0 Å². The summed E-state index contributed by atoms with van der Waals surface area (Å²) in [6, 6.07) is 6.22. The number of benzene rings is 1. The molecule has 3 heteroatoms. The van der Waals surface area contributed by atoms with Gasteiger partial charge in [0, 0.05) is 24.8 Å². The number of rotatable bonds is 3. The number of hydrogen-bond acceptors (Lipinski definition) is 3. The van der Waals surface area contributed by atoms with Gasteiger partial charge in [0.2, 0.25) is 0 Å². The Morgan fingerprint density at radius 2 is 1.81 bits per heavy atom. The molecule has 21 heavy (non-hydrogen) atoms. The molecule has 1 saturated heterocycles. The van der Waals surface area contributed by atoms with E-state index in [1.54, 1.807) is 0 Å². The number of ether oxygens (including phenoxy) is 1. The van der Waals surface area contributed by atoms with E-state index in [0.717, 1.165) is 11.4 Å². The van der Waals surface area contributed by atoms with Crippen molar-refractivity contribution in [3.05, 3.63) is 18.2 Å². The van der Waals surface area contributed by atoms with Crippen molar-refractivity contribution in [2.75, 3.05) is 30.3 Å². The molecule has 1 aromatic rings. The molecule has 0 bridgehead atoms. The van der Waals surface area contributed by atoms with E-state index in [0.29, 0.717) is 12.0 Å². The summed E-state index contributed by atoms with van der Waals surface area (Å²) in [5.74, 6) is 0.827. The first-order valence-corrected chi connectivity index (χ1v) is 8.50. The third-order valence-corrected chi connectivity index (χ3v) is 5.40. The Balaban J connectivity index is 1.67. The van der Waals surface area contributed by atoms with Crippen molar-refractivity contribution < 1.29 is 4.74 Å². The van der Waals surface area contributed by atoms with Crippen molar-refractivity contribution in [1.29, 1.82) is 0 Å². The molecule has 3 nitrogen and oxygen atoms in total. The molecule has 1 saturated carbocycles. The second-order valence-electron chi connectivity index (χ2n) is 6.70. The molecule has 0 radical (unpaired) electrons. The maximum atomic E-state index is 5.97. The highest BCUT2D eigenvalue weighted by molar-refractivity contribution is 5.62. The lowest BCUT2D eigenvalue weighted by molar-refractivity contribution is 0.144. The minimum absolute atomic E-state index is 0.658. The van der Waals surface area contributed by atoms with E-state index in [4.69, 9.17) is 10.5 Å². The van der Waals surface area contributed by atoms with E-state index in [9.17, 15) is 0 Å². The molecule has 116 valence electrons. The molecule has 1 spiro atoms. The zero-order valence-electron chi connectivity index (χ0n) is 13.2. The van der Waals surface area contributed by atoms with Crippen LogP contribution in [0, 0.1) is 5.41 Å². The number of nitrogen functional groups attached to an aromatic ring is 1. The summed E-state index contributed by atoms with van der Waals surface area (Å²) in [5.41, 5.74) is 8.63. The lowest BCUT2D eigenvalue weighted by Gasteiger charge is -2.45. The molecule has 0 aromatic heterocycles. The molecule has 0 unspecified atom stereocenters. The lowest BCUT2D eigenvalue weighted by atomic mass is 9.68. The van der Waals surface area contributed by atoms with Gasteiger partial charge in [0.1, 0.15) is 5.75 Å². The molecule has 2 N–H and O–H groups in total. The van der Waals surface area contributed by atoms with E-state index in [2.05, 4.69) is 17.0 Å². The van der Waals surface area contributed by atoms with Crippen LogP contribution in [0.25, 0.3) is 0 Å². The third kappa shape index (κ3) is 3.12. The Morgan fingerprint density at radius 3 is 2.48 bits per heavy atom. The average molecular weight is 288 g/mol. The first kappa shape index (κ1) is 14.6. The summed E-state index contributed by atoms with van der Waals surface area (Å²) < 4.78 is 5.63. The summed E-state index contributed by atoms with van der Waals surface area (Å²) >= 11 is 0. The minimum Gasteiger partial charge on any atom is -0.492 e. The molecule has 0 amide bonds. The number of hydrogen-bond donors (Lipinski definition) is 1. The van der Waals surface area contributed by atoms with Crippen LogP contribution >= 0.6 is 0 Å². The predicted molar refractivity (Wildman–Crippen MR) is 89.0 cm³/mol. The highest BCUT2D eigenvalue weighted by atomic mass is 16.5. The first-order valence-electron chi connectivity index (χ1n) is 8.50. The van der Waals surface area contributed by atoms with E-state index in [1.807, 2.05) is 13.0 Å². The maximum Gasteiger partial charge on any atom is 0.144 e. The van der Waals surface area contributed by atoms with Gasteiger partial charge < -0.3 is 15.4 Å². The molecule has 2 fully saturated rings. The van der Waals surface area contributed by atoms with E-state index >= 15 is 0 Å². The molecule has 1 aliphatic heterocycles. The Morgan fingerprint density at radius 1 is 1.10 bits per heavy atom. The van der Waals surface area contributed by atoms with Gasteiger partial charge in [0.25, 0.3) is 0 Å². The van der Waals surface area contributed by atoms with Crippen LogP contribution in [-0.4, -0.2) is 19.7 Å². The van der Waals surface area contributed by atoms with Crippen LogP contribution in [0.3, 0.4) is 0 Å². The molecular formula is C18H28N2O.